The van der Waals surface area contributed by atoms with Crippen LogP contribution in [0.2, 0.25) is 0 Å². The standard InChI is InChI=1S/C13H7NO.Y/c1-4-10-5-2-8-14-13(10)11(6-1)12-7-3-9-15-12;/h1-5,8-9H;/q-2;. The van der Waals surface area contributed by atoms with Crippen LogP contribution in [0.15, 0.2) is 47.2 Å². The molecule has 0 fully saturated rings. The fourth-order valence-corrected chi connectivity index (χ4v) is 1.59. The summed E-state index contributed by atoms with van der Waals surface area (Å²) < 4.78 is 5.30. The number of benzene rings is 1. The minimum absolute atomic E-state index is 0. The first-order valence-corrected chi connectivity index (χ1v) is 4.66. The van der Waals surface area contributed by atoms with Gasteiger partial charge in [0.15, 0.2) is 0 Å². The average Bonchev–Trinajstić information content (AvgIpc) is 2.82. The molecule has 0 amide bonds. The van der Waals surface area contributed by atoms with Crippen LogP contribution < -0.4 is 0 Å². The Balaban J connectivity index is 0.000000963. The van der Waals surface area contributed by atoms with Gasteiger partial charge in [-0.3, -0.25) is 0 Å². The van der Waals surface area contributed by atoms with E-state index < -0.39 is 0 Å². The van der Waals surface area contributed by atoms with Gasteiger partial charge in [-0.2, -0.15) is 17.7 Å². The molecule has 1 aromatic carbocycles. The van der Waals surface area contributed by atoms with Crippen molar-refractivity contribution in [2.24, 2.45) is 0 Å². The third kappa shape index (κ3) is 1.95. The van der Waals surface area contributed by atoms with E-state index in [0.717, 1.165) is 16.5 Å². The summed E-state index contributed by atoms with van der Waals surface area (Å²) >= 11 is 0. The topological polar surface area (TPSA) is 26.0 Å². The van der Waals surface area contributed by atoms with Crippen molar-refractivity contribution in [3.8, 4) is 11.3 Å². The molecule has 0 spiro atoms. The molecule has 0 saturated carbocycles. The largest absolute Gasteiger partial charge is 0.590 e. The van der Waals surface area contributed by atoms with Gasteiger partial charge in [-0.15, -0.1) is 12.1 Å². The monoisotopic (exact) mass is 282 g/mol. The number of hydrogen-bond acceptors (Lipinski definition) is 2. The quantitative estimate of drug-likeness (QED) is 0.641. The van der Waals surface area contributed by atoms with Crippen molar-refractivity contribution in [3.05, 3.63) is 54.9 Å². The number of furan rings is 1. The van der Waals surface area contributed by atoms with E-state index in [0.29, 0.717) is 5.76 Å². The van der Waals surface area contributed by atoms with Crippen LogP contribution in [0.5, 0.6) is 0 Å². The fourth-order valence-electron chi connectivity index (χ4n) is 1.59. The van der Waals surface area contributed by atoms with E-state index in [-0.39, 0.29) is 32.7 Å². The van der Waals surface area contributed by atoms with Crippen molar-refractivity contribution < 1.29 is 37.1 Å². The molecule has 0 bridgehead atoms. The van der Waals surface area contributed by atoms with E-state index >= 15 is 0 Å². The molecule has 3 aromatic rings. The molecule has 3 heteroatoms. The molecule has 0 N–H and O–H groups in total. The second kappa shape index (κ2) is 4.90. The number of fused-ring (bicyclic) bond motifs is 1. The van der Waals surface area contributed by atoms with Gasteiger partial charge >= 0.3 is 0 Å². The number of rotatable bonds is 1. The number of pyridine rings is 1. The summed E-state index contributed by atoms with van der Waals surface area (Å²) in [5.74, 6) is 0.680. The summed E-state index contributed by atoms with van der Waals surface area (Å²) in [7, 11) is 0. The molecule has 2 heterocycles. The predicted octanol–water partition coefficient (Wildman–Crippen LogP) is 3.09. The van der Waals surface area contributed by atoms with Gasteiger partial charge in [-0.05, 0) is 12.3 Å². The zero-order valence-corrected chi connectivity index (χ0v) is 11.3. The van der Waals surface area contributed by atoms with E-state index in [1.54, 1.807) is 18.5 Å². The SMILES string of the molecule is [Y].[c-]1ccoc1-c1[c-]ccc2cccnc12. The van der Waals surface area contributed by atoms with Crippen LogP contribution in [0.1, 0.15) is 0 Å². The second-order valence-electron chi connectivity index (χ2n) is 3.19. The number of aromatic nitrogens is 1. The van der Waals surface area contributed by atoms with Crippen molar-refractivity contribution >= 4 is 10.9 Å². The van der Waals surface area contributed by atoms with Crippen molar-refractivity contribution in [1.29, 1.82) is 0 Å². The van der Waals surface area contributed by atoms with Gasteiger partial charge in [0, 0.05) is 38.9 Å². The van der Waals surface area contributed by atoms with Crippen LogP contribution in [0.25, 0.3) is 22.2 Å². The predicted molar refractivity (Wildman–Crippen MR) is 57.1 cm³/mol. The van der Waals surface area contributed by atoms with E-state index in [2.05, 4.69) is 17.1 Å². The maximum absolute atomic E-state index is 5.30. The first-order chi connectivity index (χ1) is 7.45. The molecule has 2 nitrogen and oxygen atoms in total. The van der Waals surface area contributed by atoms with Gasteiger partial charge in [0.2, 0.25) is 0 Å². The molecular formula is C13H7NOY-2. The first-order valence-electron chi connectivity index (χ1n) is 4.66. The Morgan fingerprint density at radius 1 is 1.12 bits per heavy atom. The van der Waals surface area contributed by atoms with E-state index in [4.69, 9.17) is 4.42 Å². The Kier molecular flexibility index (Phi) is 3.52. The normalized spacial score (nSPS) is 10.0. The van der Waals surface area contributed by atoms with Crippen LogP contribution in [0.3, 0.4) is 0 Å². The minimum atomic E-state index is 0. The molecular weight excluding hydrogens is 275 g/mol. The van der Waals surface area contributed by atoms with Gasteiger partial charge in [0.1, 0.15) is 0 Å². The molecule has 0 aliphatic carbocycles. The van der Waals surface area contributed by atoms with Crippen LogP contribution in [-0.4, -0.2) is 4.98 Å². The third-order valence-corrected chi connectivity index (χ3v) is 2.26. The Hall–Kier alpha value is -0.986. The van der Waals surface area contributed by atoms with Gasteiger partial charge in [0.05, 0.1) is 0 Å². The van der Waals surface area contributed by atoms with Crippen molar-refractivity contribution in [2.75, 3.05) is 0 Å². The molecule has 0 aliphatic heterocycles. The molecule has 16 heavy (non-hydrogen) atoms. The Morgan fingerprint density at radius 2 is 2.06 bits per heavy atom. The third-order valence-electron chi connectivity index (χ3n) is 2.26. The second-order valence-corrected chi connectivity index (χ2v) is 3.19. The van der Waals surface area contributed by atoms with Gasteiger partial charge in [-0.25, -0.2) is 6.07 Å². The summed E-state index contributed by atoms with van der Waals surface area (Å²) in [6.07, 6.45) is 3.37. The van der Waals surface area contributed by atoms with Crippen LogP contribution in [-0.2, 0) is 32.7 Å². The molecule has 0 unspecified atom stereocenters. The summed E-state index contributed by atoms with van der Waals surface area (Å²) in [5.41, 5.74) is 1.75. The average molecular weight is 282 g/mol. The number of nitrogens with zero attached hydrogens (tertiary/aromatic N) is 1. The summed E-state index contributed by atoms with van der Waals surface area (Å²) in [5, 5.41) is 1.08. The van der Waals surface area contributed by atoms with E-state index in [1.165, 1.54) is 0 Å². The van der Waals surface area contributed by atoms with E-state index in [9.17, 15) is 0 Å². The van der Waals surface area contributed by atoms with Gasteiger partial charge in [0.25, 0.3) is 0 Å². The smallest absolute Gasteiger partial charge is 0.0148 e. The van der Waals surface area contributed by atoms with E-state index in [1.807, 2.05) is 24.3 Å². The maximum atomic E-state index is 5.30. The molecule has 75 valence electrons. The summed E-state index contributed by atoms with van der Waals surface area (Å²) in [4.78, 5) is 4.33. The Bertz CT molecular complexity index is 584. The van der Waals surface area contributed by atoms with Crippen LogP contribution in [0.4, 0.5) is 0 Å². The molecule has 0 atom stereocenters. The molecule has 0 aliphatic rings. The van der Waals surface area contributed by atoms with Crippen molar-refractivity contribution in [2.45, 2.75) is 0 Å². The minimum Gasteiger partial charge on any atom is -0.590 e. The van der Waals surface area contributed by atoms with Crippen molar-refractivity contribution in [1.82, 2.24) is 4.98 Å². The molecule has 1 radical (unpaired) electrons. The number of hydrogen-bond donors (Lipinski definition) is 0. The van der Waals surface area contributed by atoms with Crippen molar-refractivity contribution in [3.63, 3.8) is 0 Å². The molecule has 0 saturated heterocycles. The molecule has 3 rings (SSSR count). The Morgan fingerprint density at radius 3 is 2.88 bits per heavy atom. The zero-order chi connectivity index (χ0) is 10.1. The van der Waals surface area contributed by atoms with Crippen LogP contribution >= 0.6 is 0 Å². The van der Waals surface area contributed by atoms with Gasteiger partial charge < -0.3 is 9.40 Å². The summed E-state index contributed by atoms with van der Waals surface area (Å²) in [6.45, 7) is 0. The first kappa shape index (κ1) is 11.5. The van der Waals surface area contributed by atoms with Crippen LogP contribution in [0, 0.1) is 12.1 Å². The maximum Gasteiger partial charge on any atom is 0.0148 e. The summed E-state index contributed by atoms with van der Waals surface area (Å²) in [6, 6.07) is 15.7. The molecule has 2 aromatic heterocycles. The fraction of sp³-hybridized carbons (Fsp3) is 0. The zero-order valence-electron chi connectivity index (χ0n) is 8.47. The Labute approximate surface area is 119 Å². The van der Waals surface area contributed by atoms with Gasteiger partial charge in [-0.1, -0.05) is 22.7 Å².